The number of pyridine rings is 1. The fourth-order valence-corrected chi connectivity index (χ4v) is 2.72. The molecule has 1 aromatic rings. The highest BCUT2D eigenvalue weighted by Gasteiger charge is 2.21. The minimum Gasteiger partial charge on any atom is -0.465 e. The Labute approximate surface area is 114 Å². The largest absolute Gasteiger partial charge is 0.465 e. The first-order valence-electron chi connectivity index (χ1n) is 7.12. The summed E-state index contributed by atoms with van der Waals surface area (Å²) in [6.07, 6.45) is 9.78. The zero-order valence-corrected chi connectivity index (χ0v) is 11.3. The summed E-state index contributed by atoms with van der Waals surface area (Å²) >= 11 is 0. The smallest absolute Gasteiger partial charge is 0.407 e. The molecule has 2 heterocycles. The van der Waals surface area contributed by atoms with Crippen molar-refractivity contribution in [2.75, 3.05) is 13.1 Å². The molecule has 1 N–H and O–H groups in total. The van der Waals surface area contributed by atoms with Crippen molar-refractivity contribution in [2.45, 2.75) is 38.5 Å². The second-order valence-corrected chi connectivity index (χ2v) is 5.31. The molecular weight excluding hydrogens is 240 g/mol. The van der Waals surface area contributed by atoms with E-state index in [1.807, 2.05) is 12.4 Å². The number of aryl methyl sites for hydroxylation is 1. The van der Waals surface area contributed by atoms with Crippen molar-refractivity contribution < 1.29 is 9.90 Å². The molecule has 1 aliphatic heterocycles. The molecule has 1 amide bonds. The minimum absolute atomic E-state index is 0.713. The fourth-order valence-electron chi connectivity index (χ4n) is 2.72. The van der Waals surface area contributed by atoms with Crippen molar-refractivity contribution in [3.8, 4) is 0 Å². The van der Waals surface area contributed by atoms with Gasteiger partial charge in [0.15, 0.2) is 0 Å². The number of carbonyl (C=O) groups is 1. The monoisotopic (exact) mass is 262 g/mol. The molecule has 1 aromatic heterocycles. The number of rotatable bonds is 5. The van der Waals surface area contributed by atoms with Crippen LogP contribution in [0, 0.1) is 5.92 Å². The van der Waals surface area contributed by atoms with Crippen LogP contribution < -0.4 is 0 Å². The van der Waals surface area contributed by atoms with E-state index in [-0.39, 0.29) is 0 Å². The van der Waals surface area contributed by atoms with Crippen LogP contribution in [0.25, 0.3) is 0 Å². The van der Waals surface area contributed by atoms with E-state index in [1.54, 1.807) is 0 Å². The van der Waals surface area contributed by atoms with Crippen LogP contribution in [-0.4, -0.2) is 34.2 Å². The zero-order valence-electron chi connectivity index (χ0n) is 11.3. The van der Waals surface area contributed by atoms with E-state index in [2.05, 4.69) is 17.1 Å². The highest BCUT2D eigenvalue weighted by Crippen LogP contribution is 2.23. The van der Waals surface area contributed by atoms with Crippen molar-refractivity contribution in [1.82, 2.24) is 9.88 Å². The van der Waals surface area contributed by atoms with E-state index in [0.717, 1.165) is 19.3 Å². The number of hydrogen-bond donors (Lipinski definition) is 1. The van der Waals surface area contributed by atoms with Crippen LogP contribution in [0.1, 0.15) is 37.7 Å². The average Bonchev–Trinajstić information content (AvgIpc) is 2.45. The first-order chi connectivity index (χ1) is 9.25. The second kappa shape index (κ2) is 7.12. The second-order valence-electron chi connectivity index (χ2n) is 5.31. The first kappa shape index (κ1) is 13.8. The summed E-state index contributed by atoms with van der Waals surface area (Å²) in [5.74, 6) is 0.716. The molecule has 19 heavy (non-hydrogen) atoms. The third-order valence-electron chi connectivity index (χ3n) is 3.96. The maximum Gasteiger partial charge on any atom is 0.407 e. The van der Waals surface area contributed by atoms with E-state index in [4.69, 9.17) is 5.11 Å². The van der Waals surface area contributed by atoms with Gasteiger partial charge >= 0.3 is 6.09 Å². The predicted molar refractivity (Wildman–Crippen MR) is 74.1 cm³/mol. The summed E-state index contributed by atoms with van der Waals surface area (Å²) in [5.41, 5.74) is 1.36. The summed E-state index contributed by atoms with van der Waals surface area (Å²) in [5, 5.41) is 8.89. The molecule has 2 rings (SSSR count). The minimum atomic E-state index is -0.767. The van der Waals surface area contributed by atoms with Gasteiger partial charge in [-0.25, -0.2) is 4.79 Å². The van der Waals surface area contributed by atoms with Crippen molar-refractivity contribution in [3.05, 3.63) is 30.1 Å². The van der Waals surface area contributed by atoms with E-state index >= 15 is 0 Å². The van der Waals surface area contributed by atoms with Crippen LogP contribution in [0.2, 0.25) is 0 Å². The molecule has 1 aliphatic rings. The lowest BCUT2D eigenvalue weighted by molar-refractivity contribution is 0.122. The quantitative estimate of drug-likeness (QED) is 0.829. The summed E-state index contributed by atoms with van der Waals surface area (Å²) in [6.45, 7) is 1.43. The van der Waals surface area contributed by atoms with Crippen molar-refractivity contribution in [1.29, 1.82) is 0 Å². The highest BCUT2D eigenvalue weighted by molar-refractivity contribution is 5.64. The van der Waals surface area contributed by atoms with Gasteiger partial charge in [-0.2, -0.15) is 0 Å². The fraction of sp³-hybridized carbons (Fsp3) is 0.600. The molecule has 0 spiro atoms. The lowest BCUT2D eigenvalue weighted by Crippen LogP contribution is -2.37. The molecule has 1 saturated heterocycles. The van der Waals surface area contributed by atoms with Crippen molar-refractivity contribution in [3.63, 3.8) is 0 Å². The Balaban J connectivity index is 1.58. The highest BCUT2D eigenvalue weighted by atomic mass is 16.4. The van der Waals surface area contributed by atoms with Gasteiger partial charge in [-0.3, -0.25) is 4.98 Å². The summed E-state index contributed by atoms with van der Waals surface area (Å²) in [4.78, 5) is 16.4. The molecule has 0 saturated carbocycles. The number of carboxylic acid groups (broad SMARTS) is 1. The predicted octanol–water partition coefficient (Wildman–Crippen LogP) is 3.18. The Hall–Kier alpha value is -1.58. The van der Waals surface area contributed by atoms with Crippen molar-refractivity contribution in [2.24, 2.45) is 5.92 Å². The lowest BCUT2D eigenvalue weighted by Gasteiger charge is -2.29. The van der Waals surface area contributed by atoms with Gasteiger partial charge in [0.05, 0.1) is 0 Å². The van der Waals surface area contributed by atoms with E-state index < -0.39 is 6.09 Å². The van der Waals surface area contributed by atoms with Gasteiger partial charge in [-0.05, 0) is 49.3 Å². The third kappa shape index (κ3) is 4.54. The Kier molecular flexibility index (Phi) is 5.19. The molecule has 0 aliphatic carbocycles. The SMILES string of the molecule is O=C(O)N1CCC(CCCCc2ccncc2)CC1. The average molecular weight is 262 g/mol. The molecule has 104 valence electrons. The maximum absolute atomic E-state index is 10.8. The molecule has 4 nitrogen and oxygen atoms in total. The standard InChI is InChI=1S/C15H22N2O2/c18-15(19)17-11-7-14(8-12-17)4-2-1-3-13-5-9-16-10-6-13/h5-6,9-10,14H,1-4,7-8,11-12H2,(H,18,19). The molecule has 0 bridgehead atoms. The van der Waals surface area contributed by atoms with E-state index in [0.29, 0.717) is 19.0 Å². The number of hydrogen-bond acceptors (Lipinski definition) is 2. The van der Waals surface area contributed by atoms with E-state index in [1.165, 1.54) is 29.7 Å². The lowest BCUT2D eigenvalue weighted by atomic mass is 9.91. The van der Waals surface area contributed by atoms with Gasteiger partial charge in [0.25, 0.3) is 0 Å². The van der Waals surface area contributed by atoms with Gasteiger partial charge in [-0.1, -0.05) is 12.8 Å². The zero-order chi connectivity index (χ0) is 13.5. The summed E-state index contributed by atoms with van der Waals surface area (Å²) < 4.78 is 0. The number of unbranched alkanes of at least 4 members (excludes halogenated alkanes) is 1. The molecule has 0 atom stereocenters. The maximum atomic E-state index is 10.8. The number of piperidine rings is 1. The van der Waals surface area contributed by atoms with Crippen LogP contribution >= 0.6 is 0 Å². The summed E-state index contributed by atoms with van der Waals surface area (Å²) in [7, 11) is 0. The molecule has 0 unspecified atom stereocenters. The Morgan fingerprint density at radius 2 is 1.95 bits per heavy atom. The molecule has 0 radical (unpaired) electrons. The van der Waals surface area contributed by atoms with E-state index in [9.17, 15) is 4.79 Å². The number of aromatic nitrogens is 1. The van der Waals surface area contributed by atoms with Gasteiger partial charge < -0.3 is 10.0 Å². The van der Waals surface area contributed by atoms with Gasteiger partial charge in [0, 0.05) is 25.5 Å². The van der Waals surface area contributed by atoms with Crippen LogP contribution in [0.5, 0.6) is 0 Å². The Morgan fingerprint density at radius 3 is 2.58 bits per heavy atom. The number of nitrogens with zero attached hydrogens (tertiary/aromatic N) is 2. The molecular formula is C15H22N2O2. The van der Waals surface area contributed by atoms with Crippen molar-refractivity contribution >= 4 is 6.09 Å². The normalized spacial score (nSPS) is 16.5. The van der Waals surface area contributed by atoms with Crippen LogP contribution in [0.3, 0.4) is 0 Å². The number of amides is 1. The third-order valence-corrected chi connectivity index (χ3v) is 3.96. The van der Waals surface area contributed by atoms with Crippen LogP contribution in [-0.2, 0) is 6.42 Å². The summed E-state index contributed by atoms with van der Waals surface area (Å²) in [6, 6.07) is 4.15. The molecule has 4 heteroatoms. The van der Waals surface area contributed by atoms with Crippen LogP contribution in [0.4, 0.5) is 4.79 Å². The molecule has 1 fully saturated rings. The first-order valence-corrected chi connectivity index (χ1v) is 7.12. The molecule has 0 aromatic carbocycles. The Bertz CT molecular complexity index is 386. The van der Waals surface area contributed by atoms with Gasteiger partial charge in [0.1, 0.15) is 0 Å². The number of likely N-dealkylation sites (tertiary alicyclic amines) is 1. The van der Waals surface area contributed by atoms with Gasteiger partial charge in [0.2, 0.25) is 0 Å². The van der Waals surface area contributed by atoms with Gasteiger partial charge in [-0.15, -0.1) is 0 Å². The van der Waals surface area contributed by atoms with Crippen LogP contribution in [0.15, 0.2) is 24.5 Å². The Morgan fingerprint density at radius 1 is 1.26 bits per heavy atom. The topological polar surface area (TPSA) is 53.4 Å².